The summed E-state index contributed by atoms with van der Waals surface area (Å²) in [7, 11) is 4.19. The Hall–Kier alpha value is -1.35. The molecule has 0 unspecified atom stereocenters. The van der Waals surface area contributed by atoms with E-state index in [1.54, 1.807) is 0 Å². The number of imidazole rings is 1. The summed E-state index contributed by atoms with van der Waals surface area (Å²) in [6, 6.07) is 4.21. The Kier molecular flexibility index (Phi) is 3.20. The fourth-order valence-electron chi connectivity index (χ4n) is 2.14. The van der Waals surface area contributed by atoms with Gasteiger partial charge in [-0.3, -0.25) is 0 Å². The Morgan fingerprint density at radius 3 is 2.59 bits per heavy atom. The number of hydrogen-bond acceptors (Lipinski definition) is 2. The molecule has 17 heavy (non-hydrogen) atoms. The molecule has 92 valence electrons. The van der Waals surface area contributed by atoms with Gasteiger partial charge in [-0.1, -0.05) is 19.9 Å². The topological polar surface area (TPSA) is 20.5 Å². The normalized spacial score (nSPS) is 11.9. The molecule has 0 aromatic carbocycles. The standard InChI is InChI=1S/C14H21N3/c1-10(2)14-12(9-16(4)5)17-8-11(3)6-7-13(17)15-14/h6-8,10H,9H2,1-5H3. The first-order valence-corrected chi connectivity index (χ1v) is 6.11. The third-order valence-corrected chi connectivity index (χ3v) is 2.91. The summed E-state index contributed by atoms with van der Waals surface area (Å²) in [4.78, 5) is 6.93. The van der Waals surface area contributed by atoms with Crippen LogP contribution in [0.5, 0.6) is 0 Å². The summed E-state index contributed by atoms with van der Waals surface area (Å²) < 4.78 is 2.23. The summed E-state index contributed by atoms with van der Waals surface area (Å²) in [5.41, 5.74) is 4.84. The van der Waals surface area contributed by atoms with E-state index in [0.717, 1.165) is 12.2 Å². The van der Waals surface area contributed by atoms with Gasteiger partial charge in [0.2, 0.25) is 0 Å². The molecule has 2 aromatic rings. The van der Waals surface area contributed by atoms with Crippen molar-refractivity contribution in [2.75, 3.05) is 14.1 Å². The lowest BCUT2D eigenvalue weighted by molar-refractivity contribution is 0.393. The van der Waals surface area contributed by atoms with Crippen LogP contribution in [0.15, 0.2) is 18.3 Å². The van der Waals surface area contributed by atoms with E-state index in [2.05, 4.69) is 62.5 Å². The lowest BCUT2D eigenvalue weighted by Gasteiger charge is -2.12. The Morgan fingerprint density at radius 2 is 2.00 bits per heavy atom. The van der Waals surface area contributed by atoms with Crippen molar-refractivity contribution in [3.8, 4) is 0 Å². The van der Waals surface area contributed by atoms with Gasteiger partial charge in [0.1, 0.15) is 5.65 Å². The smallest absolute Gasteiger partial charge is 0.137 e. The number of aryl methyl sites for hydroxylation is 1. The van der Waals surface area contributed by atoms with Crippen LogP contribution >= 0.6 is 0 Å². The minimum absolute atomic E-state index is 0.463. The Labute approximate surface area is 103 Å². The van der Waals surface area contributed by atoms with Gasteiger partial charge >= 0.3 is 0 Å². The zero-order valence-corrected chi connectivity index (χ0v) is 11.4. The molecule has 2 rings (SSSR count). The number of aromatic nitrogens is 2. The molecule has 0 aliphatic carbocycles. The second-order valence-electron chi connectivity index (χ2n) is 5.27. The van der Waals surface area contributed by atoms with Crippen LogP contribution < -0.4 is 0 Å². The number of nitrogens with zero attached hydrogens (tertiary/aromatic N) is 3. The lowest BCUT2D eigenvalue weighted by Crippen LogP contribution is -2.14. The lowest BCUT2D eigenvalue weighted by atomic mass is 10.1. The van der Waals surface area contributed by atoms with E-state index in [1.807, 2.05) is 0 Å². The highest BCUT2D eigenvalue weighted by Gasteiger charge is 2.15. The molecule has 0 amide bonds. The van der Waals surface area contributed by atoms with Gasteiger partial charge in [-0.25, -0.2) is 4.98 Å². The predicted octanol–water partition coefficient (Wildman–Crippen LogP) is 2.83. The third-order valence-electron chi connectivity index (χ3n) is 2.91. The summed E-state index contributed by atoms with van der Waals surface area (Å²) in [6.45, 7) is 7.45. The summed E-state index contributed by atoms with van der Waals surface area (Å²) in [5.74, 6) is 0.463. The number of hydrogen-bond donors (Lipinski definition) is 0. The second kappa shape index (κ2) is 4.49. The first-order valence-electron chi connectivity index (χ1n) is 6.11. The van der Waals surface area contributed by atoms with E-state index in [-0.39, 0.29) is 0 Å². The quantitative estimate of drug-likeness (QED) is 0.809. The summed E-state index contributed by atoms with van der Waals surface area (Å²) in [5, 5.41) is 0. The Bertz CT molecular complexity index is 523. The Balaban J connectivity index is 2.64. The highest BCUT2D eigenvalue weighted by Crippen LogP contribution is 2.22. The van der Waals surface area contributed by atoms with E-state index < -0.39 is 0 Å². The van der Waals surface area contributed by atoms with E-state index in [4.69, 9.17) is 4.98 Å². The molecule has 0 saturated carbocycles. The molecule has 0 aliphatic rings. The van der Waals surface area contributed by atoms with Crippen molar-refractivity contribution in [3.63, 3.8) is 0 Å². The zero-order chi connectivity index (χ0) is 12.6. The fourth-order valence-corrected chi connectivity index (χ4v) is 2.14. The van der Waals surface area contributed by atoms with Gasteiger partial charge in [-0.2, -0.15) is 0 Å². The van der Waals surface area contributed by atoms with Gasteiger partial charge in [-0.05, 0) is 38.6 Å². The maximum absolute atomic E-state index is 4.74. The van der Waals surface area contributed by atoms with Gasteiger partial charge in [-0.15, -0.1) is 0 Å². The zero-order valence-electron chi connectivity index (χ0n) is 11.4. The summed E-state index contributed by atoms with van der Waals surface area (Å²) in [6.07, 6.45) is 2.17. The molecule has 2 aromatic heterocycles. The molecular weight excluding hydrogens is 210 g/mol. The molecule has 0 atom stereocenters. The van der Waals surface area contributed by atoms with Gasteiger partial charge in [0.05, 0.1) is 11.4 Å². The van der Waals surface area contributed by atoms with Crippen molar-refractivity contribution in [3.05, 3.63) is 35.3 Å². The van der Waals surface area contributed by atoms with Crippen molar-refractivity contribution in [1.82, 2.24) is 14.3 Å². The molecule has 0 aliphatic heterocycles. The van der Waals surface area contributed by atoms with Gasteiger partial charge in [0, 0.05) is 12.7 Å². The number of fused-ring (bicyclic) bond motifs is 1. The molecule has 2 heterocycles. The van der Waals surface area contributed by atoms with Crippen LogP contribution in [0, 0.1) is 6.92 Å². The first kappa shape index (κ1) is 12.1. The van der Waals surface area contributed by atoms with Gasteiger partial charge < -0.3 is 9.30 Å². The molecule has 0 N–H and O–H groups in total. The molecule has 0 bridgehead atoms. The van der Waals surface area contributed by atoms with Gasteiger partial charge in [0.15, 0.2) is 0 Å². The Morgan fingerprint density at radius 1 is 1.29 bits per heavy atom. The van der Waals surface area contributed by atoms with Crippen LogP contribution in [0.4, 0.5) is 0 Å². The molecule has 0 saturated heterocycles. The van der Waals surface area contributed by atoms with Crippen LogP contribution in [-0.4, -0.2) is 28.4 Å². The molecule has 0 spiro atoms. The minimum atomic E-state index is 0.463. The largest absolute Gasteiger partial charge is 0.304 e. The maximum atomic E-state index is 4.74. The van der Waals surface area contributed by atoms with Crippen molar-refractivity contribution in [2.45, 2.75) is 33.2 Å². The average Bonchev–Trinajstić information content (AvgIpc) is 2.56. The van der Waals surface area contributed by atoms with Crippen LogP contribution in [-0.2, 0) is 6.54 Å². The van der Waals surface area contributed by atoms with Crippen LogP contribution in [0.3, 0.4) is 0 Å². The minimum Gasteiger partial charge on any atom is -0.304 e. The van der Waals surface area contributed by atoms with E-state index >= 15 is 0 Å². The number of pyridine rings is 1. The van der Waals surface area contributed by atoms with Crippen LogP contribution in [0.1, 0.15) is 36.7 Å². The predicted molar refractivity (Wildman–Crippen MR) is 71.4 cm³/mol. The first-order chi connectivity index (χ1) is 7.99. The molecule has 0 radical (unpaired) electrons. The monoisotopic (exact) mass is 231 g/mol. The van der Waals surface area contributed by atoms with Crippen molar-refractivity contribution in [2.24, 2.45) is 0 Å². The van der Waals surface area contributed by atoms with E-state index in [9.17, 15) is 0 Å². The van der Waals surface area contributed by atoms with Crippen molar-refractivity contribution >= 4 is 5.65 Å². The fraction of sp³-hybridized carbons (Fsp3) is 0.500. The average molecular weight is 231 g/mol. The molecule has 3 heteroatoms. The molecular formula is C14H21N3. The SMILES string of the molecule is Cc1ccc2nc(C(C)C)c(CN(C)C)n2c1. The highest BCUT2D eigenvalue weighted by molar-refractivity contribution is 5.45. The van der Waals surface area contributed by atoms with Crippen LogP contribution in [0.25, 0.3) is 5.65 Å². The van der Waals surface area contributed by atoms with Crippen molar-refractivity contribution < 1.29 is 0 Å². The third kappa shape index (κ3) is 2.34. The summed E-state index contributed by atoms with van der Waals surface area (Å²) >= 11 is 0. The van der Waals surface area contributed by atoms with E-state index in [1.165, 1.54) is 17.0 Å². The van der Waals surface area contributed by atoms with Crippen molar-refractivity contribution in [1.29, 1.82) is 0 Å². The van der Waals surface area contributed by atoms with E-state index in [0.29, 0.717) is 5.92 Å². The maximum Gasteiger partial charge on any atom is 0.137 e. The molecule has 0 fully saturated rings. The molecule has 3 nitrogen and oxygen atoms in total. The second-order valence-corrected chi connectivity index (χ2v) is 5.27. The highest BCUT2D eigenvalue weighted by atomic mass is 15.1. The van der Waals surface area contributed by atoms with Crippen LogP contribution in [0.2, 0.25) is 0 Å². The number of rotatable bonds is 3. The van der Waals surface area contributed by atoms with Gasteiger partial charge in [0.25, 0.3) is 0 Å².